The van der Waals surface area contributed by atoms with Crippen molar-refractivity contribution in [1.29, 1.82) is 0 Å². The van der Waals surface area contributed by atoms with Gasteiger partial charge in [-0.3, -0.25) is 4.98 Å². The molecule has 0 unspecified atom stereocenters. The minimum Gasteiger partial charge on any atom is -0.397 e. The molecule has 0 amide bonds. The van der Waals surface area contributed by atoms with Crippen LogP contribution in [-0.4, -0.2) is 16.3 Å². The second-order valence-corrected chi connectivity index (χ2v) is 5.41. The number of pyridine rings is 1. The van der Waals surface area contributed by atoms with Crippen molar-refractivity contribution in [2.75, 3.05) is 5.73 Å². The zero-order valence-corrected chi connectivity index (χ0v) is 9.54. The summed E-state index contributed by atoms with van der Waals surface area (Å²) in [7, 11) is 0. The molecule has 2 rings (SSSR count). The van der Waals surface area contributed by atoms with E-state index in [9.17, 15) is 0 Å². The van der Waals surface area contributed by atoms with Crippen LogP contribution in [0.4, 0.5) is 5.69 Å². The van der Waals surface area contributed by atoms with Gasteiger partial charge >= 0.3 is 0 Å². The van der Waals surface area contributed by atoms with E-state index in [4.69, 9.17) is 11.5 Å². The van der Waals surface area contributed by atoms with Crippen LogP contribution in [0.1, 0.15) is 25.7 Å². The van der Waals surface area contributed by atoms with E-state index in [1.807, 2.05) is 17.8 Å². The number of aromatic nitrogens is 1. The van der Waals surface area contributed by atoms with Crippen LogP contribution in [0.3, 0.4) is 0 Å². The number of hydrogen-bond acceptors (Lipinski definition) is 4. The standard InChI is InChI=1S/C11H17N3S/c12-8-1-3-9(4-2-8)15-11-5-6-14-7-10(11)13/h5-9H,1-4,12-13H2. The predicted molar refractivity (Wildman–Crippen MR) is 64.7 cm³/mol. The lowest BCUT2D eigenvalue weighted by Gasteiger charge is -2.25. The Hall–Kier alpha value is -0.740. The van der Waals surface area contributed by atoms with Crippen molar-refractivity contribution in [1.82, 2.24) is 4.98 Å². The molecule has 4 heteroatoms. The molecule has 0 atom stereocenters. The summed E-state index contributed by atoms with van der Waals surface area (Å²) in [5.41, 5.74) is 12.5. The van der Waals surface area contributed by atoms with E-state index < -0.39 is 0 Å². The lowest BCUT2D eigenvalue weighted by Crippen LogP contribution is -2.27. The molecule has 0 spiro atoms. The topological polar surface area (TPSA) is 64.9 Å². The van der Waals surface area contributed by atoms with Gasteiger partial charge in [-0.25, -0.2) is 0 Å². The third-order valence-electron chi connectivity index (χ3n) is 2.82. The minimum absolute atomic E-state index is 0.414. The van der Waals surface area contributed by atoms with Gasteiger partial charge in [-0.15, -0.1) is 11.8 Å². The summed E-state index contributed by atoms with van der Waals surface area (Å²) in [4.78, 5) is 5.15. The Morgan fingerprint density at radius 2 is 2.00 bits per heavy atom. The van der Waals surface area contributed by atoms with Gasteiger partial charge < -0.3 is 11.5 Å². The molecule has 0 saturated heterocycles. The maximum Gasteiger partial charge on any atom is 0.0638 e. The highest BCUT2D eigenvalue weighted by atomic mass is 32.2. The van der Waals surface area contributed by atoms with E-state index in [0.717, 1.165) is 23.4 Å². The van der Waals surface area contributed by atoms with Crippen molar-refractivity contribution in [2.24, 2.45) is 5.73 Å². The van der Waals surface area contributed by atoms with E-state index in [0.29, 0.717) is 11.3 Å². The average Bonchev–Trinajstić information content (AvgIpc) is 2.25. The van der Waals surface area contributed by atoms with Gasteiger partial charge in [0.05, 0.1) is 11.9 Å². The number of rotatable bonds is 2. The molecule has 1 aliphatic rings. The van der Waals surface area contributed by atoms with Gasteiger partial charge in [0.2, 0.25) is 0 Å². The smallest absolute Gasteiger partial charge is 0.0638 e. The van der Waals surface area contributed by atoms with Gasteiger partial charge in [0.15, 0.2) is 0 Å². The van der Waals surface area contributed by atoms with Crippen LogP contribution in [0, 0.1) is 0 Å². The van der Waals surface area contributed by atoms with E-state index in [2.05, 4.69) is 4.98 Å². The molecule has 0 aromatic carbocycles. The number of anilines is 1. The maximum atomic E-state index is 5.88. The second kappa shape index (κ2) is 4.86. The van der Waals surface area contributed by atoms with Gasteiger partial charge in [-0.05, 0) is 31.7 Å². The fraction of sp³-hybridized carbons (Fsp3) is 0.545. The number of nitrogens with zero attached hydrogens (tertiary/aromatic N) is 1. The highest BCUT2D eigenvalue weighted by Gasteiger charge is 2.19. The summed E-state index contributed by atoms with van der Waals surface area (Å²) in [6.45, 7) is 0. The second-order valence-electron chi connectivity index (χ2n) is 4.07. The Balaban J connectivity index is 1.95. The highest BCUT2D eigenvalue weighted by Crippen LogP contribution is 2.35. The van der Waals surface area contributed by atoms with Crippen LogP contribution in [0.5, 0.6) is 0 Å². The summed E-state index contributed by atoms with van der Waals surface area (Å²) in [6.07, 6.45) is 8.21. The van der Waals surface area contributed by atoms with Crippen LogP contribution in [0.15, 0.2) is 23.4 Å². The fourth-order valence-electron chi connectivity index (χ4n) is 1.89. The Bertz CT molecular complexity index is 321. The molecule has 1 aliphatic carbocycles. The van der Waals surface area contributed by atoms with Crippen molar-refractivity contribution >= 4 is 17.4 Å². The number of nitrogen functional groups attached to an aromatic ring is 1. The summed E-state index contributed by atoms with van der Waals surface area (Å²) in [5, 5.41) is 0.675. The van der Waals surface area contributed by atoms with Crippen LogP contribution < -0.4 is 11.5 Å². The van der Waals surface area contributed by atoms with E-state index in [-0.39, 0.29) is 0 Å². The summed E-state index contributed by atoms with van der Waals surface area (Å²) >= 11 is 1.87. The lowest BCUT2D eigenvalue weighted by molar-refractivity contribution is 0.451. The first kappa shape index (κ1) is 10.8. The van der Waals surface area contributed by atoms with Crippen molar-refractivity contribution in [2.45, 2.75) is 41.9 Å². The molecule has 1 heterocycles. The normalized spacial score (nSPS) is 26.5. The SMILES string of the molecule is Nc1cnccc1SC1CCC(N)CC1. The lowest BCUT2D eigenvalue weighted by atomic mass is 9.96. The van der Waals surface area contributed by atoms with Crippen molar-refractivity contribution < 1.29 is 0 Å². The molecule has 1 fully saturated rings. The molecule has 82 valence electrons. The molecule has 3 nitrogen and oxygen atoms in total. The first-order valence-corrected chi connectivity index (χ1v) is 6.25. The molecule has 0 bridgehead atoms. The van der Waals surface area contributed by atoms with Crippen molar-refractivity contribution in [3.63, 3.8) is 0 Å². The van der Waals surface area contributed by atoms with Crippen LogP contribution >= 0.6 is 11.8 Å². The van der Waals surface area contributed by atoms with E-state index >= 15 is 0 Å². The van der Waals surface area contributed by atoms with Crippen LogP contribution in [-0.2, 0) is 0 Å². The quantitative estimate of drug-likeness (QED) is 0.805. The molecule has 4 N–H and O–H groups in total. The summed E-state index contributed by atoms with van der Waals surface area (Å²) < 4.78 is 0. The highest BCUT2D eigenvalue weighted by molar-refractivity contribution is 8.00. The first-order chi connectivity index (χ1) is 7.25. The van der Waals surface area contributed by atoms with Gasteiger partial charge in [0, 0.05) is 22.4 Å². The summed E-state index contributed by atoms with van der Waals surface area (Å²) in [5.74, 6) is 0. The van der Waals surface area contributed by atoms with Crippen molar-refractivity contribution in [3.8, 4) is 0 Å². The Kier molecular flexibility index (Phi) is 3.49. The third-order valence-corrected chi connectivity index (χ3v) is 4.25. The average molecular weight is 223 g/mol. The van der Waals surface area contributed by atoms with Gasteiger partial charge in [0.1, 0.15) is 0 Å². The van der Waals surface area contributed by atoms with Gasteiger partial charge in [0.25, 0.3) is 0 Å². The van der Waals surface area contributed by atoms with E-state index in [1.165, 1.54) is 12.8 Å². The molecule has 0 aliphatic heterocycles. The number of nitrogens with two attached hydrogens (primary N) is 2. The first-order valence-electron chi connectivity index (χ1n) is 5.37. The fourth-order valence-corrected chi connectivity index (χ4v) is 3.08. The van der Waals surface area contributed by atoms with Crippen LogP contribution in [0.25, 0.3) is 0 Å². The zero-order valence-electron chi connectivity index (χ0n) is 8.73. The number of hydrogen-bond donors (Lipinski definition) is 2. The molecule has 1 saturated carbocycles. The van der Waals surface area contributed by atoms with Gasteiger partial charge in [-0.1, -0.05) is 0 Å². The Morgan fingerprint density at radius 1 is 1.27 bits per heavy atom. The minimum atomic E-state index is 0.414. The molecule has 0 radical (unpaired) electrons. The summed E-state index contributed by atoms with van der Waals surface area (Å²) in [6, 6.07) is 2.41. The monoisotopic (exact) mass is 223 g/mol. The third kappa shape index (κ3) is 2.86. The predicted octanol–water partition coefficient (Wildman–Crippen LogP) is 2.03. The molecule has 1 aromatic rings. The Labute approximate surface area is 94.6 Å². The zero-order chi connectivity index (χ0) is 10.7. The largest absolute Gasteiger partial charge is 0.397 e. The Morgan fingerprint density at radius 3 is 2.67 bits per heavy atom. The van der Waals surface area contributed by atoms with Gasteiger partial charge in [-0.2, -0.15) is 0 Å². The van der Waals surface area contributed by atoms with E-state index in [1.54, 1.807) is 12.4 Å². The maximum absolute atomic E-state index is 5.88. The van der Waals surface area contributed by atoms with Crippen molar-refractivity contribution in [3.05, 3.63) is 18.5 Å². The molecule has 15 heavy (non-hydrogen) atoms. The molecular formula is C11H17N3S. The molecular weight excluding hydrogens is 206 g/mol. The van der Waals surface area contributed by atoms with Crippen LogP contribution in [0.2, 0.25) is 0 Å². The molecule has 1 aromatic heterocycles. The number of thioether (sulfide) groups is 1.